The average Bonchev–Trinajstić information content (AvgIpc) is 3.00. The molecule has 2 aromatic rings. The summed E-state index contributed by atoms with van der Waals surface area (Å²) in [6.45, 7) is 8.58. The summed E-state index contributed by atoms with van der Waals surface area (Å²) in [7, 11) is 3.23. The number of hydrogen-bond acceptors (Lipinski definition) is 4. The Morgan fingerprint density at radius 1 is 1.52 bits per heavy atom. The molecule has 1 fully saturated rings. The predicted octanol–water partition coefficient (Wildman–Crippen LogP) is 3.92. The molecule has 1 aliphatic rings. The van der Waals surface area contributed by atoms with Gasteiger partial charge in [0.15, 0.2) is 5.96 Å². The molecule has 2 heterocycles. The van der Waals surface area contributed by atoms with Gasteiger partial charge < -0.3 is 10.1 Å². The number of amides is 1. The smallest absolute Gasteiger partial charge is 0.231 e. The number of hydrogen-bond donors (Lipinski definition) is 2. The fraction of sp³-hybridized carbons (Fsp3) is 0.304. The van der Waals surface area contributed by atoms with Gasteiger partial charge in [0.25, 0.3) is 0 Å². The number of carbonyl (C=O) groups excluding carboxylic acids is 1. The fourth-order valence-corrected chi connectivity index (χ4v) is 4.27. The topological polar surface area (TPSA) is 65.4 Å². The minimum absolute atomic E-state index is 0.0917. The van der Waals surface area contributed by atoms with E-state index < -0.39 is 5.54 Å². The Morgan fingerprint density at radius 3 is 2.97 bits per heavy atom. The fourth-order valence-electron chi connectivity index (χ4n) is 3.18. The van der Waals surface area contributed by atoms with Crippen LogP contribution in [-0.4, -0.2) is 43.1 Å². The van der Waals surface area contributed by atoms with Gasteiger partial charge in [-0.15, -0.1) is 11.3 Å². The van der Waals surface area contributed by atoms with Crippen molar-refractivity contribution in [1.29, 1.82) is 5.41 Å². The SMILES string of the molecule is C=C(/C=C\c1sc2ccc(C#CCOC)cc2c1C)[C@]1(C)CC(=O)N(C)C(=N)N1. The number of carbonyl (C=O) groups is 1. The highest BCUT2D eigenvalue weighted by molar-refractivity contribution is 7.20. The number of nitrogens with one attached hydrogen (secondary N) is 2. The van der Waals surface area contributed by atoms with Crippen molar-refractivity contribution in [1.82, 2.24) is 10.2 Å². The van der Waals surface area contributed by atoms with E-state index in [9.17, 15) is 4.79 Å². The van der Waals surface area contributed by atoms with Crippen LogP contribution >= 0.6 is 11.3 Å². The van der Waals surface area contributed by atoms with Crippen LogP contribution in [0.4, 0.5) is 0 Å². The summed E-state index contributed by atoms with van der Waals surface area (Å²) in [5, 5.41) is 12.3. The molecular weight excluding hydrogens is 382 g/mol. The highest BCUT2D eigenvalue weighted by Gasteiger charge is 2.37. The van der Waals surface area contributed by atoms with Gasteiger partial charge in [-0.3, -0.25) is 15.1 Å². The van der Waals surface area contributed by atoms with Gasteiger partial charge in [-0.25, -0.2) is 0 Å². The van der Waals surface area contributed by atoms with E-state index in [0.717, 1.165) is 16.0 Å². The van der Waals surface area contributed by atoms with E-state index in [1.54, 1.807) is 25.5 Å². The second-order valence-electron chi connectivity index (χ2n) is 7.33. The van der Waals surface area contributed by atoms with Crippen LogP contribution < -0.4 is 5.32 Å². The van der Waals surface area contributed by atoms with Crippen molar-refractivity contribution in [3.05, 3.63) is 52.4 Å². The number of fused-ring (bicyclic) bond motifs is 1. The van der Waals surface area contributed by atoms with Crippen LogP contribution in [0, 0.1) is 24.2 Å². The van der Waals surface area contributed by atoms with Crippen molar-refractivity contribution >= 4 is 39.4 Å². The first-order chi connectivity index (χ1) is 13.7. The van der Waals surface area contributed by atoms with E-state index in [4.69, 9.17) is 10.1 Å². The summed E-state index contributed by atoms with van der Waals surface area (Å²) < 4.78 is 6.18. The molecule has 0 spiro atoms. The second kappa shape index (κ2) is 8.24. The highest BCUT2D eigenvalue weighted by atomic mass is 32.1. The first kappa shape index (κ1) is 20.8. The molecule has 0 unspecified atom stereocenters. The predicted molar refractivity (Wildman–Crippen MR) is 120 cm³/mol. The summed E-state index contributed by atoms with van der Waals surface area (Å²) in [6, 6.07) is 6.22. The first-order valence-corrected chi connectivity index (χ1v) is 10.1. The zero-order valence-corrected chi connectivity index (χ0v) is 18.0. The standard InChI is InChI=1S/C23H25N3O2S/c1-15(23(3)14-21(27)26(4)22(24)25-23)8-10-19-16(2)18-13-17(7-6-12-28-5)9-11-20(18)29-19/h8-11,13H,1,12,14H2,2-5H3,(H2,24,25)/b10-8-/t23-/m0/s1. The first-order valence-electron chi connectivity index (χ1n) is 9.27. The largest absolute Gasteiger partial charge is 0.372 e. The molecular formula is C23H25N3O2S. The van der Waals surface area contributed by atoms with Crippen LogP contribution in [0.15, 0.2) is 36.4 Å². The Labute approximate surface area is 175 Å². The van der Waals surface area contributed by atoms with Gasteiger partial charge in [0, 0.05) is 29.3 Å². The van der Waals surface area contributed by atoms with Gasteiger partial charge in [-0.05, 0) is 54.6 Å². The van der Waals surface area contributed by atoms with Gasteiger partial charge in [-0.2, -0.15) is 0 Å². The molecule has 29 heavy (non-hydrogen) atoms. The minimum Gasteiger partial charge on any atom is -0.372 e. The minimum atomic E-state index is -0.661. The second-order valence-corrected chi connectivity index (χ2v) is 8.41. The average molecular weight is 408 g/mol. The Morgan fingerprint density at radius 2 is 2.28 bits per heavy atom. The van der Waals surface area contributed by atoms with Crippen LogP contribution in [0.5, 0.6) is 0 Å². The maximum Gasteiger partial charge on any atom is 0.231 e. The van der Waals surface area contributed by atoms with E-state index >= 15 is 0 Å². The zero-order valence-electron chi connectivity index (χ0n) is 17.2. The molecule has 1 atom stereocenters. The third-order valence-corrected chi connectivity index (χ3v) is 6.41. The quantitative estimate of drug-likeness (QED) is 0.596. The Kier molecular flexibility index (Phi) is 5.92. The number of rotatable bonds is 4. The molecule has 0 aliphatic carbocycles. The van der Waals surface area contributed by atoms with E-state index in [1.807, 2.05) is 25.1 Å². The zero-order chi connectivity index (χ0) is 21.2. The van der Waals surface area contributed by atoms with Gasteiger partial charge >= 0.3 is 0 Å². The normalized spacial score (nSPS) is 19.4. The number of nitrogens with zero attached hydrogens (tertiary/aromatic N) is 1. The van der Waals surface area contributed by atoms with Crippen molar-refractivity contribution in [2.45, 2.75) is 25.8 Å². The van der Waals surface area contributed by atoms with Gasteiger partial charge in [0.05, 0.1) is 12.0 Å². The molecule has 5 nitrogen and oxygen atoms in total. The molecule has 2 N–H and O–H groups in total. The van der Waals surface area contributed by atoms with Crippen molar-refractivity contribution in [2.24, 2.45) is 0 Å². The van der Waals surface area contributed by atoms with E-state index in [-0.39, 0.29) is 18.3 Å². The van der Waals surface area contributed by atoms with Crippen molar-refractivity contribution in [3.63, 3.8) is 0 Å². The van der Waals surface area contributed by atoms with Crippen LogP contribution in [0.3, 0.4) is 0 Å². The molecule has 1 aromatic carbocycles. The van der Waals surface area contributed by atoms with E-state index in [2.05, 4.69) is 42.8 Å². The molecule has 1 aliphatic heterocycles. The summed E-state index contributed by atoms with van der Waals surface area (Å²) in [5.41, 5.74) is 2.27. The third kappa shape index (κ3) is 4.26. The van der Waals surface area contributed by atoms with Crippen LogP contribution in [0.2, 0.25) is 0 Å². The summed E-state index contributed by atoms with van der Waals surface area (Å²) in [5.74, 6) is 6.11. The molecule has 0 radical (unpaired) electrons. The number of methoxy groups -OCH3 is 1. The summed E-state index contributed by atoms with van der Waals surface area (Å²) in [4.78, 5) is 14.6. The lowest BCUT2D eigenvalue weighted by Gasteiger charge is -2.39. The molecule has 1 amide bonds. The van der Waals surface area contributed by atoms with Gasteiger partial charge in [0.2, 0.25) is 5.91 Å². The molecule has 0 saturated carbocycles. The molecule has 1 aromatic heterocycles. The maximum atomic E-state index is 12.2. The van der Waals surface area contributed by atoms with Crippen LogP contribution in [0.1, 0.15) is 29.3 Å². The molecule has 150 valence electrons. The Hall–Kier alpha value is -2.88. The lowest BCUT2D eigenvalue weighted by Crippen LogP contribution is -2.60. The lowest BCUT2D eigenvalue weighted by molar-refractivity contribution is -0.128. The Bertz CT molecular complexity index is 1070. The van der Waals surface area contributed by atoms with Crippen molar-refractivity contribution < 1.29 is 9.53 Å². The Balaban J connectivity index is 1.84. The molecule has 1 saturated heterocycles. The van der Waals surface area contributed by atoms with Crippen molar-refractivity contribution in [2.75, 3.05) is 20.8 Å². The van der Waals surface area contributed by atoms with Crippen molar-refractivity contribution in [3.8, 4) is 11.8 Å². The maximum absolute atomic E-state index is 12.2. The third-order valence-electron chi connectivity index (χ3n) is 5.18. The monoisotopic (exact) mass is 407 g/mol. The van der Waals surface area contributed by atoms with Crippen LogP contribution in [-0.2, 0) is 9.53 Å². The number of ether oxygens (including phenoxy) is 1. The molecule has 3 rings (SSSR count). The van der Waals surface area contributed by atoms with E-state index in [0.29, 0.717) is 6.61 Å². The number of aryl methyl sites for hydroxylation is 1. The van der Waals surface area contributed by atoms with E-state index in [1.165, 1.54) is 20.5 Å². The number of thiophene rings is 1. The summed E-state index contributed by atoms with van der Waals surface area (Å²) >= 11 is 1.71. The summed E-state index contributed by atoms with van der Waals surface area (Å²) in [6.07, 6.45) is 4.25. The van der Waals surface area contributed by atoms with Gasteiger partial charge in [0.1, 0.15) is 6.61 Å². The number of benzene rings is 1. The highest BCUT2D eigenvalue weighted by Crippen LogP contribution is 2.33. The number of guanidine groups is 1. The molecule has 6 heteroatoms. The molecule has 0 bridgehead atoms. The lowest BCUT2D eigenvalue weighted by atomic mass is 9.87. The van der Waals surface area contributed by atoms with Gasteiger partial charge in [-0.1, -0.05) is 24.5 Å². The van der Waals surface area contributed by atoms with Crippen LogP contribution in [0.25, 0.3) is 16.2 Å².